The van der Waals surface area contributed by atoms with Crippen LogP contribution in [0.5, 0.6) is 0 Å². The minimum Gasteiger partial charge on any atom is -0.348 e. The molecule has 0 atom stereocenters. The number of aromatic nitrogens is 6. The number of amides is 1. The molecule has 0 saturated carbocycles. The van der Waals surface area contributed by atoms with E-state index in [0.717, 1.165) is 33.4 Å². The second-order valence-corrected chi connectivity index (χ2v) is 10.4. The molecular weight excluding hydrogens is 458 g/mol. The van der Waals surface area contributed by atoms with Gasteiger partial charge in [0.2, 0.25) is 0 Å². The Morgan fingerprint density at radius 2 is 1.94 bits per heavy atom. The number of benzene rings is 1. The summed E-state index contributed by atoms with van der Waals surface area (Å²) in [7, 11) is 0. The molecule has 0 spiro atoms. The molecule has 1 N–H and O–H groups in total. The highest BCUT2D eigenvalue weighted by Gasteiger charge is 2.20. The van der Waals surface area contributed by atoms with Gasteiger partial charge in [-0.15, -0.1) is 11.3 Å². The highest BCUT2D eigenvalue weighted by Crippen LogP contribution is 2.32. The monoisotopic (exact) mass is 485 g/mol. The Bertz CT molecular complexity index is 1500. The van der Waals surface area contributed by atoms with Crippen molar-refractivity contribution in [3.05, 3.63) is 81.7 Å². The summed E-state index contributed by atoms with van der Waals surface area (Å²) in [6.07, 6.45) is 4.95. The van der Waals surface area contributed by atoms with E-state index in [1.807, 2.05) is 28.9 Å². The maximum Gasteiger partial charge on any atom is 0.252 e. The highest BCUT2D eigenvalue weighted by atomic mass is 32.1. The van der Waals surface area contributed by atoms with Crippen molar-refractivity contribution in [2.45, 2.75) is 46.8 Å². The maximum atomic E-state index is 13.4. The summed E-state index contributed by atoms with van der Waals surface area (Å²) in [6.45, 7) is 9.34. The van der Waals surface area contributed by atoms with Crippen molar-refractivity contribution < 1.29 is 4.79 Å². The van der Waals surface area contributed by atoms with E-state index in [1.165, 1.54) is 16.1 Å². The molecule has 8 nitrogen and oxygen atoms in total. The number of nitrogens with zero attached hydrogens (tertiary/aromatic N) is 6. The van der Waals surface area contributed by atoms with Gasteiger partial charge in [-0.1, -0.05) is 24.3 Å². The largest absolute Gasteiger partial charge is 0.348 e. The van der Waals surface area contributed by atoms with Gasteiger partial charge in [0.1, 0.15) is 12.7 Å². The molecule has 4 aromatic heterocycles. The van der Waals surface area contributed by atoms with Crippen LogP contribution in [0.4, 0.5) is 0 Å². The van der Waals surface area contributed by atoms with E-state index in [2.05, 4.69) is 60.3 Å². The minimum atomic E-state index is -0.145. The lowest BCUT2D eigenvalue weighted by atomic mass is 10.1. The molecule has 0 aliphatic carbocycles. The fourth-order valence-corrected chi connectivity index (χ4v) is 5.16. The van der Waals surface area contributed by atoms with E-state index >= 15 is 0 Å². The van der Waals surface area contributed by atoms with Gasteiger partial charge in [-0.25, -0.2) is 19.3 Å². The van der Waals surface area contributed by atoms with Gasteiger partial charge in [0.05, 0.1) is 29.4 Å². The zero-order chi connectivity index (χ0) is 24.5. The third kappa shape index (κ3) is 4.72. The molecule has 0 unspecified atom stereocenters. The van der Waals surface area contributed by atoms with Crippen LogP contribution in [0.25, 0.3) is 22.3 Å². The number of carbonyl (C=O) groups excluding carboxylic acids is 1. The molecule has 1 amide bonds. The summed E-state index contributed by atoms with van der Waals surface area (Å²) in [5.41, 5.74) is 5.27. The Morgan fingerprint density at radius 3 is 2.66 bits per heavy atom. The second kappa shape index (κ2) is 9.42. The van der Waals surface area contributed by atoms with E-state index in [4.69, 9.17) is 4.98 Å². The van der Waals surface area contributed by atoms with Gasteiger partial charge in [-0.2, -0.15) is 10.2 Å². The van der Waals surface area contributed by atoms with Gasteiger partial charge in [0.15, 0.2) is 5.65 Å². The maximum absolute atomic E-state index is 13.4. The fourth-order valence-electron chi connectivity index (χ4n) is 4.22. The third-order valence-corrected chi connectivity index (χ3v) is 6.84. The van der Waals surface area contributed by atoms with Crippen LogP contribution in [0.3, 0.4) is 0 Å². The van der Waals surface area contributed by atoms with Gasteiger partial charge in [-0.3, -0.25) is 4.79 Å². The fraction of sp³-hybridized carbons (Fsp3) is 0.269. The Kier molecular flexibility index (Phi) is 6.17. The zero-order valence-corrected chi connectivity index (χ0v) is 21.0. The van der Waals surface area contributed by atoms with Crippen molar-refractivity contribution in [2.24, 2.45) is 0 Å². The second-order valence-electron chi connectivity index (χ2n) is 8.90. The summed E-state index contributed by atoms with van der Waals surface area (Å²) >= 11 is 1.73. The number of fused-ring (bicyclic) bond motifs is 1. The van der Waals surface area contributed by atoms with Crippen LogP contribution in [-0.2, 0) is 13.1 Å². The van der Waals surface area contributed by atoms with Gasteiger partial charge in [0.25, 0.3) is 5.91 Å². The summed E-state index contributed by atoms with van der Waals surface area (Å²) in [5.74, 6) is -0.145. The summed E-state index contributed by atoms with van der Waals surface area (Å²) in [5, 5.41) is 12.5. The molecule has 0 bridgehead atoms. The van der Waals surface area contributed by atoms with Gasteiger partial charge >= 0.3 is 0 Å². The molecule has 5 aromatic rings. The molecule has 9 heteroatoms. The van der Waals surface area contributed by atoms with Crippen LogP contribution < -0.4 is 5.32 Å². The topological polar surface area (TPSA) is 90.5 Å². The first-order chi connectivity index (χ1) is 16.9. The van der Waals surface area contributed by atoms with Gasteiger partial charge < -0.3 is 5.32 Å². The molecule has 0 fully saturated rings. The first-order valence-corrected chi connectivity index (χ1v) is 12.3. The van der Waals surface area contributed by atoms with Crippen molar-refractivity contribution in [3.63, 3.8) is 0 Å². The molecule has 0 aliphatic rings. The number of rotatable bonds is 7. The molecule has 4 heterocycles. The van der Waals surface area contributed by atoms with E-state index in [9.17, 15) is 4.79 Å². The van der Waals surface area contributed by atoms with Gasteiger partial charge in [-0.05, 0) is 51.0 Å². The van der Waals surface area contributed by atoms with Crippen molar-refractivity contribution in [1.29, 1.82) is 0 Å². The quantitative estimate of drug-likeness (QED) is 0.353. The zero-order valence-electron chi connectivity index (χ0n) is 20.2. The number of pyridine rings is 1. The Balaban J connectivity index is 1.45. The lowest BCUT2D eigenvalue weighted by Gasteiger charge is -2.11. The van der Waals surface area contributed by atoms with Crippen LogP contribution in [0.2, 0.25) is 0 Å². The molecule has 178 valence electrons. The molecule has 1 aromatic carbocycles. The number of hydrogen-bond acceptors (Lipinski definition) is 6. The van der Waals surface area contributed by atoms with E-state index in [-0.39, 0.29) is 11.9 Å². The predicted octanol–water partition coefficient (Wildman–Crippen LogP) is 4.93. The lowest BCUT2D eigenvalue weighted by Crippen LogP contribution is -2.23. The Labute approximate surface area is 207 Å². The van der Waals surface area contributed by atoms with Crippen molar-refractivity contribution >= 4 is 28.3 Å². The normalized spacial score (nSPS) is 11.5. The Hall–Kier alpha value is -3.85. The molecule has 0 radical (unpaired) electrons. The highest BCUT2D eigenvalue weighted by molar-refractivity contribution is 7.12. The third-order valence-electron chi connectivity index (χ3n) is 5.87. The van der Waals surface area contributed by atoms with Crippen molar-refractivity contribution in [3.8, 4) is 11.3 Å². The SMILES string of the molecule is Cc1cc(-c2cc(C(=O)NCc3cccc(Cn4cncn4)c3)c3cnn(C(C)C)c3n2)c(C)s1. The summed E-state index contributed by atoms with van der Waals surface area (Å²) in [4.78, 5) is 24.7. The van der Waals surface area contributed by atoms with Crippen LogP contribution >= 0.6 is 11.3 Å². The molecule has 0 aliphatic heterocycles. The van der Waals surface area contributed by atoms with Gasteiger partial charge in [0, 0.05) is 27.9 Å². The molecule has 5 rings (SSSR count). The van der Waals surface area contributed by atoms with E-state index in [1.54, 1.807) is 28.5 Å². The van der Waals surface area contributed by atoms with Crippen molar-refractivity contribution in [2.75, 3.05) is 0 Å². The molecule has 35 heavy (non-hydrogen) atoms. The van der Waals surface area contributed by atoms with Crippen LogP contribution in [-0.4, -0.2) is 35.4 Å². The van der Waals surface area contributed by atoms with E-state index in [0.29, 0.717) is 18.7 Å². The average molecular weight is 486 g/mol. The number of nitrogens with one attached hydrogen (secondary N) is 1. The van der Waals surface area contributed by atoms with E-state index < -0.39 is 0 Å². The lowest BCUT2D eigenvalue weighted by molar-refractivity contribution is 0.0952. The van der Waals surface area contributed by atoms with Crippen LogP contribution in [0.1, 0.15) is 51.1 Å². The minimum absolute atomic E-state index is 0.129. The molecule has 0 saturated heterocycles. The summed E-state index contributed by atoms with van der Waals surface area (Å²) in [6, 6.07) is 12.3. The summed E-state index contributed by atoms with van der Waals surface area (Å²) < 4.78 is 3.64. The number of thiophene rings is 1. The number of carbonyl (C=O) groups is 1. The van der Waals surface area contributed by atoms with Crippen LogP contribution in [0, 0.1) is 13.8 Å². The van der Waals surface area contributed by atoms with Crippen molar-refractivity contribution in [1.82, 2.24) is 34.8 Å². The average Bonchev–Trinajstić information content (AvgIpc) is 3.57. The first kappa shape index (κ1) is 22.9. The number of hydrogen-bond donors (Lipinski definition) is 1. The standard InChI is InChI=1S/C26H27N7OS/c1-16(2)33-25-23(12-29-33)22(10-24(31-25)21-8-17(3)35-18(21)4)26(34)28-11-19-6-5-7-20(9-19)13-32-15-27-14-30-32/h5-10,12,14-16H,11,13H2,1-4H3,(H,28,34). The number of aryl methyl sites for hydroxylation is 2. The Morgan fingerprint density at radius 1 is 1.11 bits per heavy atom. The molecular formula is C26H27N7OS. The first-order valence-electron chi connectivity index (χ1n) is 11.5. The predicted molar refractivity (Wildman–Crippen MR) is 137 cm³/mol. The smallest absolute Gasteiger partial charge is 0.252 e. The van der Waals surface area contributed by atoms with Crippen LogP contribution in [0.15, 0.2) is 55.2 Å².